The van der Waals surface area contributed by atoms with E-state index in [-0.39, 0.29) is 4.90 Å². The molecule has 2 aromatic carbocycles. The van der Waals surface area contributed by atoms with Gasteiger partial charge in [0.2, 0.25) is 0 Å². The van der Waals surface area contributed by atoms with Crippen LogP contribution in [0.15, 0.2) is 59.6 Å². The number of aryl methyl sites for hydroxylation is 2. The highest BCUT2D eigenvalue weighted by Gasteiger charge is 2.16. The van der Waals surface area contributed by atoms with Crippen molar-refractivity contribution in [3.8, 4) is 0 Å². The van der Waals surface area contributed by atoms with Crippen LogP contribution in [-0.4, -0.2) is 13.4 Å². The molecule has 0 fully saturated rings. The summed E-state index contributed by atoms with van der Waals surface area (Å²) >= 11 is 0. The van der Waals surface area contributed by atoms with E-state index in [1.165, 1.54) is 0 Å². The lowest BCUT2D eigenvalue weighted by Gasteiger charge is -2.11. The van der Waals surface area contributed by atoms with Gasteiger partial charge in [0.05, 0.1) is 16.1 Å². The van der Waals surface area contributed by atoms with Gasteiger partial charge in [-0.05, 0) is 49.2 Å². The highest BCUT2D eigenvalue weighted by molar-refractivity contribution is 7.92. The molecule has 3 aromatic rings. The first-order valence-corrected chi connectivity index (χ1v) is 8.39. The molecule has 3 rings (SSSR count). The molecule has 0 aliphatic carbocycles. The largest absolute Gasteiger partial charge is 0.277 e. The predicted octanol–water partition coefficient (Wildman–Crippen LogP) is 3.65. The molecule has 112 valence electrons. The number of fused-ring (bicyclic) bond motifs is 1. The molecule has 4 nitrogen and oxygen atoms in total. The summed E-state index contributed by atoms with van der Waals surface area (Å²) in [5.41, 5.74) is 2.95. The maximum atomic E-state index is 12.6. The minimum absolute atomic E-state index is 0.262. The molecule has 0 spiro atoms. The summed E-state index contributed by atoms with van der Waals surface area (Å²) in [5.74, 6) is 0. The van der Waals surface area contributed by atoms with Gasteiger partial charge < -0.3 is 0 Å². The molecular weight excluding hydrogens is 296 g/mol. The SMILES string of the molecule is Cc1cc(C)cc(S(=O)(=O)Nc2cccc3cccnc23)c1. The summed E-state index contributed by atoms with van der Waals surface area (Å²) < 4.78 is 27.9. The molecule has 0 bridgehead atoms. The highest BCUT2D eigenvalue weighted by Crippen LogP contribution is 2.24. The van der Waals surface area contributed by atoms with Gasteiger partial charge in [-0.25, -0.2) is 8.42 Å². The average Bonchev–Trinajstić information content (AvgIpc) is 2.46. The van der Waals surface area contributed by atoms with Crippen LogP contribution in [0.25, 0.3) is 10.9 Å². The van der Waals surface area contributed by atoms with Crippen molar-refractivity contribution in [2.45, 2.75) is 18.7 Å². The lowest BCUT2D eigenvalue weighted by Crippen LogP contribution is -2.13. The van der Waals surface area contributed by atoms with Crippen molar-refractivity contribution in [1.82, 2.24) is 4.98 Å². The van der Waals surface area contributed by atoms with E-state index in [9.17, 15) is 8.42 Å². The van der Waals surface area contributed by atoms with Gasteiger partial charge in [0.1, 0.15) is 0 Å². The number of benzene rings is 2. The van der Waals surface area contributed by atoms with Crippen LogP contribution in [0.5, 0.6) is 0 Å². The molecule has 0 unspecified atom stereocenters. The first kappa shape index (κ1) is 14.5. The molecule has 0 saturated heterocycles. The number of hydrogen-bond acceptors (Lipinski definition) is 3. The first-order chi connectivity index (χ1) is 10.5. The van der Waals surface area contributed by atoms with Crippen LogP contribution in [0.2, 0.25) is 0 Å². The molecule has 0 aliphatic rings. The number of hydrogen-bond donors (Lipinski definition) is 1. The number of rotatable bonds is 3. The Morgan fingerprint density at radius 1 is 0.955 bits per heavy atom. The van der Waals surface area contributed by atoms with Crippen molar-refractivity contribution in [3.05, 3.63) is 65.9 Å². The van der Waals surface area contributed by atoms with Crippen LogP contribution in [0.4, 0.5) is 5.69 Å². The smallest absolute Gasteiger partial charge is 0.261 e. The topological polar surface area (TPSA) is 59.1 Å². The Bertz CT molecular complexity index is 924. The maximum absolute atomic E-state index is 12.6. The van der Waals surface area contributed by atoms with E-state index in [0.29, 0.717) is 11.2 Å². The molecule has 0 radical (unpaired) electrons. The fourth-order valence-electron chi connectivity index (χ4n) is 2.48. The van der Waals surface area contributed by atoms with E-state index in [1.54, 1.807) is 24.4 Å². The predicted molar refractivity (Wildman–Crippen MR) is 88.5 cm³/mol. The normalized spacial score (nSPS) is 11.5. The van der Waals surface area contributed by atoms with Crippen molar-refractivity contribution >= 4 is 26.6 Å². The zero-order valence-corrected chi connectivity index (χ0v) is 13.2. The van der Waals surface area contributed by atoms with Gasteiger partial charge in [0.15, 0.2) is 0 Å². The van der Waals surface area contributed by atoms with Crippen LogP contribution in [0.3, 0.4) is 0 Å². The van der Waals surface area contributed by atoms with Crippen molar-refractivity contribution in [1.29, 1.82) is 0 Å². The third kappa shape index (κ3) is 2.80. The molecule has 0 saturated carbocycles. The monoisotopic (exact) mass is 312 g/mol. The Kier molecular flexibility index (Phi) is 3.58. The summed E-state index contributed by atoms with van der Waals surface area (Å²) in [4.78, 5) is 4.53. The minimum Gasteiger partial charge on any atom is -0.277 e. The summed E-state index contributed by atoms with van der Waals surface area (Å²) in [6.07, 6.45) is 1.65. The Labute approximate surface area is 129 Å². The summed E-state index contributed by atoms with van der Waals surface area (Å²) in [7, 11) is -3.64. The zero-order valence-electron chi connectivity index (χ0n) is 12.4. The Balaban J connectivity index is 2.07. The van der Waals surface area contributed by atoms with E-state index in [1.807, 2.05) is 44.2 Å². The van der Waals surface area contributed by atoms with Gasteiger partial charge in [-0.2, -0.15) is 0 Å². The number of sulfonamides is 1. The highest BCUT2D eigenvalue weighted by atomic mass is 32.2. The number of para-hydroxylation sites is 1. The van der Waals surface area contributed by atoms with E-state index in [4.69, 9.17) is 0 Å². The summed E-state index contributed by atoms with van der Waals surface area (Å²) in [6.45, 7) is 3.76. The molecule has 0 amide bonds. The second-order valence-corrected chi connectivity index (χ2v) is 6.99. The molecule has 5 heteroatoms. The Hall–Kier alpha value is -2.40. The molecule has 22 heavy (non-hydrogen) atoms. The van der Waals surface area contributed by atoms with Crippen molar-refractivity contribution in [3.63, 3.8) is 0 Å². The van der Waals surface area contributed by atoms with Crippen LogP contribution >= 0.6 is 0 Å². The van der Waals surface area contributed by atoms with E-state index in [0.717, 1.165) is 16.5 Å². The minimum atomic E-state index is -3.64. The number of nitrogens with one attached hydrogen (secondary N) is 1. The lowest BCUT2D eigenvalue weighted by atomic mass is 10.2. The summed E-state index contributed by atoms with van der Waals surface area (Å²) in [5, 5.41) is 0.892. The van der Waals surface area contributed by atoms with Gasteiger partial charge in [0, 0.05) is 11.6 Å². The fraction of sp³-hybridized carbons (Fsp3) is 0.118. The van der Waals surface area contributed by atoms with Gasteiger partial charge in [-0.1, -0.05) is 24.3 Å². The van der Waals surface area contributed by atoms with E-state index < -0.39 is 10.0 Å². The number of pyridine rings is 1. The third-order valence-corrected chi connectivity index (χ3v) is 4.73. The zero-order chi connectivity index (χ0) is 15.7. The van der Waals surface area contributed by atoms with Crippen molar-refractivity contribution in [2.75, 3.05) is 4.72 Å². The molecule has 1 aromatic heterocycles. The lowest BCUT2D eigenvalue weighted by molar-refractivity contribution is 0.601. The van der Waals surface area contributed by atoms with Crippen LogP contribution in [-0.2, 0) is 10.0 Å². The van der Waals surface area contributed by atoms with Gasteiger partial charge in [0.25, 0.3) is 10.0 Å². The second kappa shape index (κ2) is 5.42. The Morgan fingerprint density at radius 3 is 2.36 bits per heavy atom. The Morgan fingerprint density at radius 2 is 1.64 bits per heavy atom. The average molecular weight is 312 g/mol. The fourth-order valence-corrected chi connectivity index (χ4v) is 3.73. The maximum Gasteiger partial charge on any atom is 0.261 e. The second-order valence-electron chi connectivity index (χ2n) is 5.31. The molecule has 0 aliphatic heterocycles. The quantitative estimate of drug-likeness (QED) is 0.803. The third-order valence-electron chi connectivity index (χ3n) is 3.38. The molecule has 0 atom stereocenters. The number of anilines is 1. The number of nitrogens with zero attached hydrogens (tertiary/aromatic N) is 1. The summed E-state index contributed by atoms with van der Waals surface area (Å²) in [6, 6.07) is 14.4. The van der Waals surface area contributed by atoms with Crippen molar-refractivity contribution in [2.24, 2.45) is 0 Å². The van der Waals surface area contributed by atoms with Crippen LogP contribution < -0.4 is 4.72 Å². The van der Waals surface area contributed by atoms with Crippen LogP contribution in [0, 0.1) is 13.8 Å². The van der Waals surface area contributed by atoms with E-state index >= 15 is 0 Å². The van der Waals surface area contributed by atoms with Gasteiger partial charge >= 0.3 is 0 Å². The standard InChI is InChI=1S/C17H16N2O2S/c1-12-9-13(2)11-15(10-12)22(20,21)19-16-7-3-5-14-6-4-8-18-17(14)16/h3-11,19H,1-2H3. The van der Waals surface area contributed by atoms with Crippen LogP contribution in [0.1, 0.15) is 11.1 Å². The first-order valence-electron chi connectivity index (χ1n) is 6.90. The molecular formula is C17H16N2O2S. The van der Waals surface area contributed by atoms with Gasteiger partial charge in [-0.3, -0.25) is 9.71 Å². The number of aromatic nitrogens is 1. The molecule has 1 heterocycles. The van der Waals surface area contributed by atoms with Gasteiger partial charge in [-0.15, -0.1) is 0 Å². The van der Waals surface area contributed by atoms with Crippen molar-refractivity contribution < 1.29 is 8.42 Å². The van der Waals surface area contributed by atoms with E-state index in [2.05, 4.69) is 9.71 Å². The molecule has 1 N–H and O–H groups in total.